The number of pyridine rings is 1. The SMILES string of the molecule is CCc1[nH]c2nc(N)ccc2c1CC. The highest BCUT2D eigenvalue weighted by atomic mass is 14.9. The van der Waals surface area contributed by atoms with E-state index >= 15 is 0 Å². The van der Waals surface area contributed by atoms with Crippen LogP contribution in [0.4, 0.5) is 5.82 Å². The van der Waals surface area contributed by atoms with Gasteiger partial charge in [0, 0.05) is 11.1 Å². The number of nitrogens with zero attached hydrogens (tertiary/aromatic N) is 1. The molecule has 3 nitrogen and oxygen atoms in total. The zero-order chi connectivity index (χ0) is 10.1. The van der Waals surface area contributed by atoms with Crippen LogP contribution in [0.25, 0.3) is 11.0 Å². The van der Waals surface area contributed by atoms with Crippen LogP contribution < -0.4 is 5.73 Å². The molecular formula is C11H15N3. The van der Waals surface area contributed by atoms with Gasteiger partial charge in [-0.05, 0) is 30.5 Å². The Morgan fingerprint density at radius 2 is 2.07 bits per heavy atom. The predicted octanol–water partition coefficient (Wildman–Crippen LogP) is 2.27. The molecule has 3 N–H and O–H groups in total. The molecule has 0 amide bonds. The number of H-pyrrole nitrogens is 1. The van der Waals surface area contributed by atoms with Crippen molar-refractivity contribution in [2.24, 2.45) is 0 Å². The maximum Gasteiger partial charge on any atom is 0.140 e. The van der Waals surface area contributed by atoms with Crippen molar-refractivity contribution in [3.05, 3.63) is 23.4 Å². The Morgan fingerprint density at radius 1 is 1.29 bits per heavy atom. The summed E-state index contributed by atoms with van der Waals surface area (Å²) in [5, 5.41) is 1.21. The van der Waals surface area contributed by atoms with Crippen molar-refractivity contribution < 1.29 is 0 Å². The van der Waals surface area contributed by atoms with Crippen LogP contribution in [0.1, 0.15) is 25.1 Å². The van der Waals surface area contributed by atoms with Crippen molar-refractivity contribution in [3.8, 4) is 0 Å². The van der Waals surface area contributed by atoms with Crippen LogP contribution in [0.3, 0.4) is 0 Å². The van der Waals surface area contributed by atoms with Crippen LogP contribution in [-0.4, -0.2) is 9.97 Å². The molecule has 2 aromatic rings. The van der Waals surface area contributed by atoms with Crippen LogP contribution in [0, 0.1) is 0 Å². The molecule has 2 aromatic heterocycles. The van der Waals surface area contributed by atoms with Crippen molar-refractivity contribution in [3.63, 3.8) is 0 Å². The molecular weight excluding hydrogens is 174 g/mol. The van der Waals surface area contributed by atoms with Crippen LogP contribution >= 0.6 is 0 Å². The van der Waals surface area contributed by atoms with E-state index < -0.39 is 0 Å². The maximum absolute atomic E-state index is 5.64. The summed E-state index contributed by atoms with van der Waals surface area (Å²) in [6.45, 7) is 4.31. The minimum Gasteiger partial charge on any atom is -0.384 e. The first-order valence-electron chi connectivity index (χ1n) is 5.02. The molecule has 0 saturated carbocycles. The topological polar surface area (TPSA) is 54.7 Å². The third kappa shape index (κ3) is 1.25. The molecule has 0 radical (unpaired) electrons. The molecule has 0 aromatic carbocycles. The molecule has 2 heterocycles. The third-order valence-electron chi connectivity index (χ3n) is 2.58. The van der Waals surface area contributed by atoms with Gasteiger partial charge in [0.15, 0.2) is 0 Å². The number of fused-ring (bicyclic) bond motifs is 1. The summed E-state index contributed by atoms with van der Waals surface area (Å²) in [6.07, 6.45) is 2.05. The first kappa shape index (κ1) is 9.06. The molecule has 3 heteroatoms. The lowest BCUT2D eigenvalue weighted by atomic mass is 10.1. The number of rotatable bonds is 2. The highest BCUT2D eigenvalue weighted by Crippen LogP contribution is 2.22. The van der Waals surface area contributed by atoms with E-state index in [1.807, 2.05) is 12.1 Å². The highest BCUT2D eigenvalue weighted by molar-refractivity contribution is 5.82. The fraction of sp³-hybridized carbons (Fsp3) is 0.364. The van der Waals surface area contributed by atoms with Gasteiger partial charge in [0.1, 0.15) is 11.5 Å². The molecule has 0 atom stereocenters. The summed E-state index contributed by atoms with van der Waals surface area (Å²) < 4.78 is 0. The second-order valence-corrected chi connectivity index (χ2v) is 3.42. The van der Waals surface area contributed by atoms with Crippen molar-refractivity contribution in [2.75, 3.05) is 5.73 Å². The van der Waals surface area contributed by atoms with Crippen molar-refractivity contribution in [2.45, 2.75) is 26.7 Å². The van der Waals surface area contributed by atoms with Gasteiger partial charge in [-0.15, -0.1) is 0 Å². The Hall–Kier alpha value is -1.51. The Labute approximate surface area is 83.3 Å². The maximum atomic E-state index is 5.64. The average Bonchev–Trinajstić information content (AvgIpc) is 2.54. The average molecular weight is 189 g/mol. The van der Waals surface area contributed by atoms with E-state index in [1.54, 1.807) is 0 Å². The van der Waals surface area contributed by atoms with E-state index in [2.05, 4.69) is 23.8 Å². The first-order valence-corrected chi connectivity index (χ1v) is 5.02. The van der Waals surface area contributed by atoms with Crippen molar-refractivity contribution in [1.82, 2.24) is 9.97 Å². The normalized spacial score (nSPS) is 11.0. The number of nitrogens with two attached hydrogens (primary N) is 1. The van der Waals surface area contributed by atoms with E-state index in [4.69, 9.17) is 5.73 Å². The van der Waals surface area contributed by atoms with E-state index in [0.29, 0.717) is 5.82 Å². The monoisotopic (exact) mass is 189 g/mol. The quantitative estimate of drug-likeness (QED) is 0.761. The second-order valence-electron chi connectivity index (χ2n) is 3.42. The molecule has 0 fully saturated rings. The molecule has 74 valence electrons. The standard InChI is InChI=1S/C11H15N3/c1-3-7-8-5-6-10(12)14-11(8)13-9(7)4-2/h5-6H,3-4H2,1-2H3,(H3,12,13,14). The smallest absolute Gasteiger partial charge is 0.140 e. The van der Waals surface area contributed by atoms with E-state index in [9.17, 15) is 0 Å². The molecule has 0 bridgehead atoms. The second kappa shape index (κ2) is 3.33. The van der Waals surface area contributed by atoms with Gasteiger partial charge in [-0.1, -0.05) is 13.8 Å². The van der Waals surface area contributed by atoms with Gasteiger partial charge >= 0.3 is 0 Å². The molecule has 0 spiro atoms. The lowest BCUT2D eigenvalue weighted by Gasteiger charge is -1.96. The summed E-state index contributed by atoms with van der Waals surface area (Å²) in [5.41, 5.74) is 9.20. The number of aromatic nitrogens is 2. The van der Waals surface area contributed by atoms with E-state index in [-0.39, 0.29) is 0 Å². The largest absolute Gasteiger partial charge is 0.384 e. The molecule has 14 heavy (non-hydrogen) atoms. The van der Waals surface area contributed by atoms with Crippen LogP contribution in [-0.2, 0) is 12.8 Å². The molecule has 0 aliphatic heterocycles. The lowest BCUT2D eigenvalue weighted by Crippen LogP contribution is -1.88. The molecule has 0 aliphatic carbocycles. The lowest BCUT2D eigenvalue weighted by molar-refractivity contribution is 1.01. The summed E-state index contributed by atoms with van der Waals surface area (Å²) in [4.78, 5) is 7.59. The number of aromatic amines is 1. The highest BCUT2D eigenvalue weighted by Gasteiger charge is 2.08. The fourth-order valence-electron chi connectivity index (χ4n) is 1.90. The number of nitrogen functional groups attached to an aromatic ring is 1. The van der Waals surface area contributed by atoms with Crippen LogP contribution in [0.2, 0.25) is 0 Å². The van der Waals surface area contributed by atoms with Gasteiger partial charge in [-0.25, -0.2) is 4.98 Å². The van der Waals surface area contributed by atoms with E-state index in [0.717, 1.165) is 18.5 Å². The fourth-order valence-corrected chi connectivity index (χ4v) is 1.90. The van der Waals surface area contributed by atoms with Gasteiger partial charge in [0.25, 0.3) is 0 Å². The van der Waals surface area contributed by atoms with Gasteiger partial charge in [0.05, 0.1) is 0 Å². The minimum absolute atomic E-state index is 0.573. The Balaban J connectivity index is 2.73. The Kier molecular flexibility index (Phi) is 2.15. The Morgan fingerprint density at radius 3 is 2.71 bits per heavy atom. The van der Waals surface area contributed by atoms with Crippen molar-refractivity contribution >= 4 is 16.9 Å². The number of nitrogens with one attached hydrogen (secondary N) is 1. The number of hydrogen-bond acceptors (Lipinski definition) is 2. The number of anilines is 1. The summed E-state index contributed by atoms with van der Waals surface area (Å²) in [5.74, 6) is 0.573. The van der Waals surface area contributed by atoms with Gasteiger partial charge in [-0.3, -0.25) is 0 Å². The van der Waals surface area contributed by atoms with Crippen LogP contribution in [0.15, 0.2) is 12.1 Å². The molecule has 0 unspecified atom stereocenters. The summed E-state index contributed by atoms with van der Waals surface area (Å²) >= 11 is 0. The molecule has 0 aliphatic rings. The minimum atomic E-state index is 0.573. The zero-order valence-corrected chi connectivity index (χ0v) is 8.59. The number of aryl methyl sites for hydroxylation is 2. The Bertz CT molecular complexity index is 457. The molecule has 2 rings (SSSR count). The van der Waals surface area contributed by atoms with Crippen LogP contribution in [0.5, 0.6) is 0 Å². The van der Waals surface area contributed by atoms with E-state index in [1.165, 1.54) is 16.6 Å². The predicted molar refractivity (Wildman–Crippen MR) is 59.3 cm³/mol. The zero-order valence-electron chi connectivity index (χ0n) is 8.59. The molecule has 0 saturated heterocycles. The third-order valence-corrected chi connectivity index (χ3v) is 2.58. The van der Waals surface area contributed by atoms with Gasteiger partial charge in [-0.2, -0.15) is 0 Å². The van der Waals surface area contributed by atoms with Crippen molar-refractivity contribution in [1.29, 1.82) is 0 Å². The van der Waals surface area contributed by atoms with Gasteiger partial charge < -0.3 is 10.7 Å². The first-order chi connectivity index (χ1) is 6.76. The summed E-state index contributed by atoms with van der Waals surface area (Å²) in [7, 11) is 0. The number of hydrogen-bond donors (Lipinski definition) is 2. The van der Waals surface area contributed by atoms with Gasteiger partial charge in [0.2, 0.25) is 0 Å². The summed E-state index contributed by atoms with van der Waals surface area (Å²) in [6, 6.07) is 3.90.